The van der Waals surface area contributed by atoms with Crippen LogP contribution in [-0.2, 0) is 4.79 Å². The van der Waals surface area contributed by atoms with Gasteiger partial charge in [0.25, 0.3) is 0 Å². The zero-order valence-electron chi connectivity index (χ0n) is 13.7. The summed E-state index contributed by atoms with van der Waals surface area (Å²) in [5.41, 5.74) is 5.52. The average molecular weight is 328 g/mol. The molecule has 0 unspecified atom stereocenters. The summed E-state index contributed by atoms with van der Waals surface area (Å²) in [6, 6.07) is 23.6. The van der Waals surface area contributed by atoms with Gasteiger partial charge < -0.3 is 5.32 Å². The highest BCUT2D eigenvalue weighted by Crippen LogP contribution is 2.24. The van der Waals surface area contributed by atoms with Crippen LogP contribution < -0.4 is 5.32 Å². The van der Waals surface area contributed by atoms with Crippen molar-refractivity contribution in [3.05, 3.63) is 72.8 Å². The smallest absolute Gasteiger partial charge is 0.221 e. The minimum absolute atomic E-state index is 0.0771. The molecule has 1 aromatic heterocycles. The van der Waals surface area contributed by atoms with E-state index >= 15 is 0 Å². The van der Waals surface area contributed by atoms with E-state index in [2.05, 4.69) is 15.5 Å². The monoisotopic (exact) mass is 328 g/mol. The Morgan fingerprint density at radius 1 is 0.840 bits per heavy atom. The molecule has 1 heterocycles. The molecule has 122 valence electrons. The summed E-state index contributed by atoms with van der Waals surface area (Å²) in [6.45, 7) is 1.50. The van der Waals surface area contributed by atoms with E-state index in [-0.39, 0.29) is 5.91 Å². The van der Waals surface area contributed by atoms with E-state index < -0.39 is 0 Å². The van der Waals surface area contributed by atoms with Crippen molar-refractivity contribution in [1.29, 1.82) is 0 Å². The van der Waals surface area contributed by atoms with Crippen molar-refractivity contribution in [3.8, 4) is 16.8 Å². The lowest BCUT2D eigenvalue weighted by Crippen LogP contribution is -2.05. The highest BCUT2D eigenvalue weighted by molar-refractivity contribution is 5.89. The highest BCUT2D eigenvalue weighted by atomic mass is 16.1. The quantitative estimate of drug-likeness (QED) is 0.617. The minimum Gasteiger partial charge on any atom is -0.326 e. The van der Waals surface area contributed by atoms with Crippen molar-refractivity contribution in [1.82, 2.24) is 15.0 Å². The molecule has 5 heteroatoms. The Kier molecular flexibility index (Phi) is 3.74. The van der Waals surface area contributed by atoms with Gasteiger partial charge in [-0.3, -0.25) is 4.79 Å². The molecule has 25 heavy (non-hydrogen) atoms. The van der Waals surface area contributed by atoms with Crippen LogP contribution in [0.2, 0.25) is 0 Å². The van der Waals surface area contributed by atoms with Gasteiger partial charge >= 0.3 is 0 Å². The number of fused-ring (bicyclic) bond motifs is 1. The second-order valence-corrected chi connectivity index (χ2v) is 5.79. The van der Waals surface area contributed by atoms with E-state index in [9.17, 15) is 4.79 Å². The predicted molar refractivity (Wildman–Crippen MR) is 98.6 cm³/mol. The molecule has 0 saturated carbocycles. The molecule has 0 saturated heterocycles. The van der Waals surface area contributed by atoms with Gasteiger partial charge in [-0.25, -0.2) is 0 Å². The Morgan fingerprint density at radius 2 is 1.52 bits per heavy atom. The van der Waals surface area contributed by atoms with Crippen molar-refractivity contribution < 1.29 is 4.79 Å². The van der Waals surface area contributed by atoms with Gasteiger partial charge in [0.1, 0.15) is 11.0 Å². The first-order chi connectivity index (χ1) is 12.2. The molecule has 0 atom stereocenters. The van der Waals surface area contributed by atoms with Crippen LogP contribution in [0.5, 0.6) is 0 Å². The summed E-state index contributed by atoms with van der Waals surface area (Å²) in [7, 11) is 0. The van der Waals surface area contributed by atoms with Crippen LogP contribution in [0.25, 0.3) is 27.8 Å². The summed E-state index contributed by atoms with van der Waals surface area (Å²) in [4.78, 5) is 12.8. The minimum atomic E-state index is -0.0771. The number of carbonyl (C=O) groups is 1. The van der Waals surface area contributed by atoms with E-state index in [1.54, 1.807) is 4.80 Å². The number of carbonyl (C=O) groups excluding carboxylic acids is 1. The van der Waals surface area contributed by atoms with Crippen LogP contribution in [-0.4, -0.2) is 20.9 Å². The predicted octanol–water partition coefficient (Wildman–Crippen LogP) is 4.05. The van der Waals surface area contributed by atoms with Crippen LogP contribution >= 0.6 is 0 Å². The summed E-state index contributed by atoms with van der Waals surface area (Å²) >= 11 is 0. The summed E-state index contributed by atoms with van der Waals surface area (Å²) < 4.78 is 0. The van der Waals surface area contributed by atoms with E-state index in [1.165, 1.54) is 6.92 Å². The molecule has 4 rings (SSSR count). The van der Waals surface area contributed by atoms with Crippen molar-refractivity contribution in [3.63, 3.8) is 0 Å². The van der Waals surface area contributed by atoms with Gasteiger partial charge in [-0.05, 0) is 47.5 Å². The number of nitrogens with zero attached hydrogens (tertiary/aromatic N) is 3. The third-order valence-electron chi connectivity index (χ3n) is 3.91. The number of anilines is 1. The zero-order chi connectivity index (χ0) is 17.2. The van der Waals surface area contributed by atoms with Gasteiger partial charge in [0.05, 0.1) is 5.69 Å². The molecule has 3 aromatic carbocycles. The Bertz CT molecular complexity index is 1040. The van der Waals surface area contributed by atoms with Crippen molar-refractivity contribution in [2.24, 2.45) is 0 Å². The average Bonchev–Trinajstić information content (AvgIpc) is 3.06. The van der Waals surface area contributed by atoms with Crippen molar-refractivity contribution in [2.45, 2.75) is 6.92 Å². The van der Waals surface area contributed by atoms with Crippen molar-refractivity contribution in [2.75, 3.05) is 5.32 Å². The van der Waals surface area contributed by atoms with Gasteiger partial charge in [-0.15, -0.1) is 10.2 Å². The lowest BCUT2D eigenvalue weighted by molar-refractivity contribution is -0.114. The fraction of sp³-hybridized carbons (Fsp3) is 0.0500. The fourth-order valence-electron chi connectivity index (χ4n) is 2.72. The molecule has 5 nitrogen and oxygen atoms in total. The fourth-order valence-corrected chi connectivity index (χ4v) is 2.72. The second-order valence-electron chi connectivity index (χ2n) is 5.79. The molecule has 0 radical (unpaired) electrons. The van der Waals surface area contributed by atoms with E-state index in [0.29, 0.717) is 0 Å². The molecule has 1 amide bonds. The number of para-hydroxylation sites is 1. The third kappa shape index (κ3) is 3.12. The molecule has 0 fully saturated rings. The van der Waals surface area contributed by atoms with Crippen LogP contribution in [0.4, 0.5) is 5.69 Å². The van der Waals surface area contributed by atoms with Gasteiger partial charge in [0, 0.05) is 12.6 Å². The molecule has 0 aliphatic heterocycles. The standard InChI is InChI=1S/C20H16N4O/c1-14(25)21-17-10-7-15(8-11-17)16-9-12-19-20(13-16)23-24(22-19)18-5-3-2-4-6-18/h2-13H,1H3,(H,21,25). The van der Waals surface area contributed by atoms with E-state index in [4.69, 9.17) is 0 Å². The number of aromatic nitrogens is 3. The lowest BCUT2D eigenvalue weighted by atomic mass is 10.0. The molecule has 0 aliphatic rings. The number of hydrogen-bond donors (Lipinski definition) is 1. The van der Waals surface area contributed by atoms with Gasteiger partial charge in [-0.1, -0.05) is 36.4 Å². The van der Waals surface area contributed by atoms with E-state index in [1.807, 2.05) is 72.8 Å². The van der Waals surface area contributed by atoms with Crippen molar-refractivity contribution >= 4 is 22.6 Å². The summed E-state index contributed by atoms with van der Waals surface area (Å²) in [5.74, 6) is -0.0771. The molecule has 0 aliphatic carbocycles. The molecule has 0 bridgehead atoms. The van der Waals surface area contributed by atoms with Gasteiger partial charge in [0.15, 0.2) is 0 Å². The SMILES string of the molecule is CC(=O)Nc1ccc(-c2ccc3nn(-c4ccccc4)nc3c2)cc1. The molecule has 0 spiro atoms. The third-order valence-corrected chi connectivity index (χ3v) is 3.91. The maximum absolute atomic E-state index is 11.1. The lowest BCUT2D eigenvalue weighted by Gasteiger charge is -2.04. The number of nitrogens with one attached hydrogen (secondary N) is 1. The number of amides is 1. The Balaban J connectivity index is 1.68. The second kappa shape index (κ2) is 6.20. The van der Waals surface area contributed by atoms with Crippen LogP contribution in [0, 0.1) is 0 Å². The number of benzene rings is 3. The Labute approximate surface area is 144 Å². The first-order valence-corrected chi connectivity index (χ1v) is 8.00. The summed E-state index contributed by atoms with van der Waals surface area (Å²) in [5, 5.41) is 11.9. The zero-order valence-corrected chi connectivity index (χ0v) is 13.7. The van der Waals surface area contributed by atoms with Crippen LogP contribution in [0.1, 0.15) is 6.92 Å². The maximum atomic E-state index is 11.1. The van der Waals surface area contributed by atoms with Gasteiger partial charge in [0.2, 0.25) is 5.91 Å². The first-order valence-electron chi connectivity index (χ1n) is 8.00. The Morgan fingerprint density at radius 3 is 2.24 bits per heavy atom. The van der Waals surface area contributed by atoms with Crippen LogP contribution in [0.15, 0.2) is 72.8 Å². The molecule has 1 N–H and O–H groups in total. The Hall–Kier alpha value is -3.47. The molecular formula is C20H16N4O. The maximum Gasteiger partial charge on any atom is 0.221 e. The largest absolute Gasteiger partial charge is 0.326 e. The molecular weight excluding hydrogens is 312 g/mol. The first kappa shape index (κ1) is 15.1. The van der Waals surface area contributed by atoms with E-state index in [0.717, 1.165) is 33.5 Å². The van der Waals surface area contributed by atoms with Gasteiger partial charge in [-0.2, -0.15) is 4.80 Å². The number of hydrogen-bond acceptors (Lipinski definition) is 3. The normalized spacial score (nSPS) is 10.8. The number of rotatable bonds is 3. The van der Waals surface area contributed by atoms with Crippen LogP contribution in [0.3, 0.4) is 0 Å². The summed E-state index contributed by atoms with van der Waals surface area (Å²) in [6.07, 6.45) is 0. The topological polar surface area (TPSA) is 59.8 Å². The highest BCUT2D eigenvalue weighted by Gasteiger charge is 2.07. The molecule has 4 aromatic rings.